The Morgan fingerprint density at radius 2 is 2.07 bits per heavy atom. The molecule has 78 valence electrons. The number of nitrogens with zero attached hydrogens (tertiary/aromatic N) is 4. The average molecular weight is 203 g/mol. The summed E-state index contributed by atoms with van der Waals surface area (Å²) in [5.74, 6) is 0.764. The molecule has 0 amide bonds. The van der Waals surface area contributed by atoms with Crippen LogP contribution >= 0.6 is 0 Å². The normalized spacial score (nSPS) is 10.3. The first kappa shape index (κ1) is 9.64. The van der Waals surface area contributed by atoms with Gasteiger partial charge in [-0.3, -0.25) is 4.68 Å². The van der Waals surface area contributed by atoms with Gasteiger partial charge in [0.25, 0.3) is 0 Å². The Morgan fingerprint density at radius 1 is 1.27 bits per heavy atom. The number of anilines is 1. The van der Waals surface area contributed by atoms with E-state index in [1.54, 1.807) is 4.68 Å². The molecule has 0 radical (unpaired) electrons. The lowest BCUT2D eigenvalue weighted by Gasteiger charge is -1.99. The molecule has 0 saturated carbocycles. The van der Waals surface area contributed by atoms with Crippen molar-refractivity contribution in [3.63, 3.8) is 0 Å². The summed E-state index contributed by atoms with van der Waals surface area (Å²) in [6.45, 7) is 1.96. The molecule has 2 aromatic heterocycles. The number of aryl methyl sites for hydroxylation is 2. The lowest BCUT2D eigenvalue weighted by atomic mass is 10.2. The van der Waals surface area contributed by atoms with E-state index in [9.17, 15) is 0 Å². The van der Waals surface area contributed by atoms with Crippen LogP contribution in [0.3, 0.4) is 0 Å². The molecule has 0 bridgehead atoms. The zero-order valence-electron chi connectivity index (χ0n) is 9.02. The third-order valence-corrected chi connectivity index (χ3v) is 2.21. The van der Waals surface area contributed by atoms with Crippen molar-refractivity contribution >= 4 is 5.82 Å². The van der Waals surface area contributed by atoms with Gasteiger partial charge < -0.3 is 5.32 Å². The van der Waals surface area contributed by atoms with Crippen molar-refractivity contribution in [3.05, 3.63) is 24.0 Å². The molecule has 0 aliphatic rings. The van der Waals surface area contributed by atoms with Crippen LogP contribution in [0, 0.1) is 6.92 Å². The average Bonchev–Trinajstić information content (AvgIpc) is 2.58. The van der Waals surface area contributed by atoms with Gasteiger partial charge in [-0.25, -0.2) is 0 Å². The highest BCUT2D eigenvalue weighted by atomic mass is 15.3. The van der Waals surface area contributed by atoms with Gasteiger partial charge in [0.05, 0.1) is 11.4 Å². The predicted octanol–water partition coefficient (Wildman–Crippen LogP) is 1.23. The molecule has 1 N–H and O–H groups in total. The van der Waals surface area contributed by atoms with Gasteiger partial charge in [0, 0.05) is 25.9 Å². The third-order valence-electron chi connectivity index (χ3n) is 2.21. The highest BCUT2D eigenvalue weighted by Crippen LogP contribution is 2.19. The number of hydrogen-bond acceptors (Lipinski definition) is 4. The van der Waals surface area contributed by atoms with Crippen molar-refractivity contribution in [2.24, 2.45) is 7.05 Å². The molecule has 0 aliphatic carbocycles. The predicted molar refractivity (Wildman–Crippen MR) is 58.5 cm³/mol. The highest BCUT2D eigenvalue weighted by Gasteiger charge is 2.07. The fourth-order valence-corrected chi connectivity index (χ4v) is 1.46. The summed E-state index contributed by atoms with van der Waals surface area (Å²) in [6.07, 6.45) is 1.94. The molecule has 2 aromatic rings. The van der Waals surface area contributed by atoms with Crippen LogP contribution in [0.25, 0.3) is 11.3 Å². The second kappa shape index (κ2) is 3.68. The SMILES string of the molecule is CNc1ccc(-c2cn(C)nc2C)nn1. The van der Waals surface area contributed by atoms with E-state index >= 15 is 0 Å². The Bertz CT molecular complexity index is 457. The van der Waals surface area contributed by atoms with Crippen LogP contribution in [-0.4, -0.2) is 27.0 Å². The summed E-state index contributed by atoms with van der Waals surface area (Å²) >= 11 is 0. The van der Waals surface area contributed by atoms with Crippen LogP contribution < -0.4 is 5.32 Å². The van der Waals surface area contributed by atoms with E-state index < -0.39 is 0 Å². The van der Waals surface area contributed by atoms with E-state index in [1.807, 2.05) is 39.3 Å². The summed E-state index contributed by atoms with van der Waals surface area (Å²) < 4.78 is 1.78. The third kappa shape index (κ3) is 1.81. The van der Waals surface area contributed by atoms with Gasteiger partial charge in [-0.05, 0) is 19.1 Å². The van der Waals surface area contributed by atoms with Crippen LogP contribution in [0.2, 0.25) is 0 Å². The Labute approximate surface area is 88.1 Å². The minimum atomic E-state index is 0.764. The minimum Gasteiger partial charge on any atom is -0.372 e. The lowest BCUT2D eigenvalue weighted by molar-refractivity contribution is 0.756. The second-order valence-electron chi connectivity index (χ2n) is 3.36. The summed E-state index contributed by atoms with van der Waals surface area (Å²) in [5, 5.41) is 15.3. The Balaban J connectivity index is 2.41. The molecule has 0 atom stereocenters. The maximum Gasteiger partial charge on any atom is 0.148 e. The Morgan fingerprint density at radius 3 is 2.53 bits per heavy atom. The zero-order chi connectivity index (χ0) is 10.8. The van der Waals surface area contributed by atoms with Gasteiger partial charge in [0.2, 0.25) is 0 Å². The molecule has 2 rings (SSSR count). The van der Waals surface area contributed by atoms with Gasteiger partial charge in [-0.2, -0.15) is 5.10 Å². The molecule has 0 aromatic carbocycles. The van der Waals surface area contributed by atoms with Crippen LogP contribution in [0.4, 0.5) is 5.82 Å². The van der Waals surface area contributed by atoms with Crippen molar-refractivity contribution in [2.75, 3.05) is 12.4 Å². The van der Waals surface area contributed by atoms with E-state index in [0.717, 1.165) is 22.8 Å². The van der Waals surface area contributed by atoms with E-state index in [4.69, 9.17) is 0 Å². The first-order valence-corrected chi connectivity index (χ1v) is 4.73. The molecule has 0 aliphatic heterocycles. The van der Waals surface area contributed by atoms with Crippen molar-refractivity contribution in [2.45, 2.75) is 6.92 Å². The largest absolute Gasteiger partial charge is 0.372 e. The van der Waals surface area contributed by atoms with Crippen LogP contribution in [0.15, 0.2) is 18.3 Å². The molecule has 0 saturated heterocycles. The van der Waals surface area contributed by atoms with E-state index in [1.165, 1.54) is 0 Å². The quantitative estimate of drug-likeness (QED) is 0.797. The summed E-state index contributed by atoms with van der Waals surface area (Å²) in [4.78, 5) is 0. The molecular formula is C10H13N5. The topological polar surface area (TPSA) is 55.6 Å². The Hall–Kier alpha value is -1.91. The van der Waals surface area contributed by atoms with Gasteiger partial charge in [0.15, 0.2) is 0 Å². The number of hydrogen-bond donors (Lipinski definition) is 1. The smallest absolute Gasteiger partial charge is 0.148 e. The molecule has 15 heavy (non-hydrogen) atoms. The van der Waals surface area contributed by atoms with Crippen LogP contribution in [0.1, 0.15) is 5.69 Å². The zero-order valence-corrected chi connectivity index (χ0v) is 9.02. The Kier molecular flexibility index (Phi) is 2.37. The van der Waals surface area contributed by atoms with Crippen molar-refractivity contribution < 1.29 is 0 Å². The van der Waals surface area contributed by atoms with Gasteiger partial charge >= 0.3 is 0 Å². The second-order valence-corrected chi connectivity index (χ2v) is 3.36. The summed E-state index contributed by atoms with van der Waals surface area (Å²) in [5.41, 5.74) is 2.83. The monoisotopic (exact) mass is 203 g/mol. The van der Waals surface area contributed by atoms with Crippen LogP contribution in [-0.2, 0) is 7.05 Å². The van der Waals surface area contributed by atoms with E-state index in [0.29, 0.717) is 0 Å². The molecule has 2 heterocycles. The fourth-order valence-electron chi connectivity index (χ4n) is 1.46. The fraction of sp³-hybridized carbons (Fsp3) is 0.300. The highest BCUT2D eigenvalue weighted by molar-refractivity contribution is 5.61. The van der Waals surface area contributed by atoms with E-state index in [-0.39, 0.29) is 0 Å². The summed E-state index contributed by atoms with van der Waals surface area (Å²) in [7, 11) is 3.71. The van der Waals surface area contributed by atoms with Crippen molar-refractivity contribution in [1.82, 2.24) is 20.0 Å². The van der Waals surface area contributed by atoms with Gasteiger partial charge in [-0.1, -0.05) is 0 Å². The van der Waals surface area contributed by atoms with Gasteiger partial charge in [0.1, 0.15) is 5.82 Å². The maximum absolute atomic E-state index is 4.26. The number of nitrogens with one attached hydrogen (secondary N) is 1. The summed E-state index contributed by atoms with van der Waals surface area (Å²) in [6, 6.07) is 3.83. The van der Waals surface area contributed by atoms with Crippen LogP contribution in [0.5, 0.6) is 0 Å². The lowest BCUT2D eigenvalue weighted by Crippen LogP contribution is -1.95. The molecule has 0 unspecified atom stereocenters. The van der Waals surface area contributed by atoms with Crippen molar-refractivity contribution in [1.29, 1.82) is 0 Å². The molecular weight excluding hydrogens is 190 g/mol. The standard InChI is InChI=1S/C10H13N5/c1-7-8(6-15(3)14-7)9-4-5-10(11-2)13-12-9/h4-6H,1-3H3,(H,11,13). The first-order valence-electron chi connectivity index (χ1n) is 4.73. The molecule has 5 heteroatoms. The maximum atomic E-state index is 4.26. The van der Waals surface area contributed by atoms with Gasteiger partial charge in [-0.15, -0.1) is 10.2 Å². The molecule has 5 nitrogen and oxygen atoms in total. The molecule has 0 spiro atoms. The van der Waals surface area contributed by atoms with E-state index in [2.05, 4.69) is 20.6 Å². The molecule has 0 fully saturated rings. The number of rotatable bonds is 2. The van der Waals surface area contributed by atoms with Crippen molar-refractivity contribution in [3.8, 4) is 11.3 Å². The number of aromatic nitrogens is 4. The minimum absolute atomic E-state index is 0.764. The first-order chi connectivity index (χ1) is 7.20.